The van der Waals surface area contributed by atoms with Crippen molar-refractivity contribution in [3.8, 4) is 11.5 Å². The standard InChI is InChI=1S/C26H28N2O7/c1-34-21-9-8-19(16-22(21)35-2)13-14-27(23(29)10-11-25(31)32)20-17-24(30)28(26(20)33)15-12-18-6-4-3-5-7-18/h3-11,16,20H,12-15,17H2,1-2H3,(H,31,32)/b11-10+. The number of imide groups is 1. The summed E-state index contributed by atoms with van der Waals surface area (Å²) in [6.45, 7) is 0.315. The SMILES string of the molecule is COc1ccc(CCN(C(=O)/C=C/C(=O)O)C2CC(=O)N(CCc3ccccc3)C2=O)cc1OC. The van der Waals surface area contributed by atoms with Gasteiger partial charge in [-0.3, -0.25) is 19.3 Å². The van der Waals surface area contributed by atoms with E-state index in [1.165, 1.54) is 24.0 Å². The highest BCUT2D eigenvalue weighted by atomic mass is 16.5. The number of hydrogen-bond donors (Lipinski definition) is 1. The van der Waals surface area contributed by atoms with Crippen LogP contribution < -0.4 is 9.47 Å². The third-order valence-electron chi connectivity index (χ3n) is 5.80. The van der Waals surface area contributed by atoms with Crippen LogP contribution in [-0.2, 0) is 32.0 Å². The van der Waals surface area contributed by atoms with Gasteiger partial charge < -0.3 is 19.5 Å². The molecule has 1 fully saturated rings. The molecule has 184 valence electrons. The van der Waals surface area contributed by atoms with Crippen molar-refractivity contribution in [2.75, 3.05) is 27.3 Å². The van der Waals surface area contributed by atoms with E-state index in [1.807, 2.05) is 36.4 Å². The fourth-order valence-corrected chi connectivity index (χ4v) is 3.97. The summed E-state index contributed by atoms with van der Waals surface area (Å²) >= 11 is 0. The lowest BCUT2D eigenvalue weighted by atomic mass is 10.1. The van der Waals surface area contributed by atoms with Crippen molar-refractivity contribution in [1.29, 1.82) is 0 Å². The molecule has 9 nitrogen and oxygen atoms in total. The Balaban J connectivity index is 1.77. The van der Waals surface area contributed by atoms with E-state index >= 15 is 0 Å². The van der Waals surface area contributed by atoms with Crippen LogP contribution in [0.15, 0.2) is 60.7 Å². The fourth-order valence-electron chi connectivity index (χ4n) is 3.97. The fraction of sp³-hybridized carbons (Fsp3) is 0.308. The third kappa shape index (κ3) is 6.47. The molecule has 1 unspecified atom stereocenters. The van der Waals surface area contributed by atoms with Crippen LogP contribution in [0, 0.1) is 0 Å². The van der Waals surface area contributed by atoms with Crippen LogP contribution in [0.5, 0.6) is 11.5 Å². The molecule has 35 heavy (non-hydrogen) atoms. The van der Waals surface area contributed by atoms with Crippen molar-refractivity contribution < 1.29 is 33.8 Å². The van der Waals surface area contributed by atoms with E-state index in [9.17, 15) is 19.2 Å². The topological polar surface area (TPSA) is 113 Å². The predicted molar refractivity (Wildman–Crippen MR) is 127 cm³/mol. The average molecular weight is 481 g/mol. The molecule has 1 heterocycles. The number of hydrogen-bond acceptors (Lipinski definition) is 6. The lowest BCUT2D eigenvalue weighted by Crippen LogP contribution is -2.46. The van der Waals surface area contributed by atoms with Gasteiger partial charge in [0.2, 0.25) is 11.8 Å². The Bertz CT molecular complexity index is 1110. The predicted octanol–water partition coefficient (Wildman–Crippen LogP) is 2.09. The van der Waals surface area contributed by atoms with E-state index in [1.54, 1.807) is 12.1 Å². The summed E-state index contributed by atoms with van der Waals surface area (Å²) in [6.07, 6.45) is 2.34. The maximum Gasteiger partial charge on any atom is 0.328 e. The molecule has 0 saturated carbocycles. The van der Waals surface area contributed by atoms with Gasteiger partial charge in [-0.15, -0.1) is 0 Å². The summed E-state index contributed by atoms with van der Waals surface area (Å²) in [5, 5.41) is 8.93. The molecule has 3 amide bonds. The van der Waals surface area contributed by atoms with Crippen molar-refractivity contribution >= 4 is 23.7 Å². The highest BCUT2D eigenvalue weighted by Gasteiger charge is 2.42. The normalized spacial score (nSPS) is 15.5. The lowest BCUT2D eigenvalue weighted by molar-refractivity contribution is -0.142. The Morgan fingerprint density at radius 3 is 2.37 bits per heavy atom. The molecule has 3 rings (SSSR count). The number of amides is 3. The number of carboxylic acid groups (broad SMARTS) is 1. The van der Waals surface area contributed by atoms with Gasteiger partial charge in [-0.25, -0.2) is 4.79 Å². The zero-order valence-electron chi connectivity index (χ0n) is 19.7. The van der Waals surface area contributed by atoms with E-state index in [4.69, 9.17) is 14.6 Å². The number of nitrogens with zero attached hydrogens (tertiary/aromatic N) is 2. The van der Waals surface area contributed by atoms with Crippen molar-refractivity contribution in [2.45, 2.75) is 25.3 Å². The average Bonchev–Trinajstić information content (AvgIpc) is 3.14. The number of rotatable bonds is 11. The number of likely N-dealkylation sites (tertiary alicyclic amines) is 1. The molecule has 1 atom stereocenters. The number of aliphatic carboxylic acids is 1. The minimum Gasteiger partial charge on any atom is -0.493 e. The molecule has 0 bridgehead atoms. The molecular formula is C26H28N2O7. The first-order valence-electron chi connectivity index (χ1n) is 11.1. The zero-order valence-corrected chi connectivity index (χ0v) is 19.7. The Kier molecular flexibility index (Phi) is 8.61. The number of carbonyl (C=O) groups is 4. The summed E-state index contributed by atoms with van der Waals surface area (Å²) in [5.41, 5.74) is 1.81. The molecule has 1 aliphatic rings. The van der Waals surface area contributed by atoms with Crippen LogP contribution in [0.1, 0.15) is 17.5 Å². The maximum absolute atomic E-state index is 13.2. The molecule has 1 saturated heterocycles. The van der Waals surface area contributed by atoms with E-state index in [-0.39, 0.29) is 25.4 Å². The molecule has 0 aromatic heterocycles. The van der Waals surface area contributed by atoms with Crippen LogP contribution in [0.25, 0.3) is 0 Å². The van der Waals surface area contributed by atoms with Crippen molar-refractivity contribution in [2.24, 2.45) is 0 Å². The van der Waals surface area contributed by atoms with Crippen molar-refractivity contribution in [3.63, 3.8) is 0 Å². The molecule has 9 heteroatoms. The zero-order chi connectivity index (χ0) is 25.4. The molecule has 2 aromatic carbocycles. The number of carboxylic acids is 1. The van der Waals surface area contributed by atoms with Gasteiger partial charge in [-0.2, -0.15) is 0 Å². The Morgan fingerprint density at radius 2 is 1.71 bits per heavy atom. The second kappa shape index (κ2) is 11.8. The van der Waals surface area contributed by atoms with Crippen LogP contribution in [0.4, 0.5) is 0 Å². The van der Waals surface area contributed by atoms with Gasteiger partial charge in [-0.1, -0.05) is 36.4 Å². The van der Waals surface area contributed by atoms with E-state index in [2.05, 4.69) is 0 Å². The minimum atomic E-state index is -1.28. The van der Waals surface area contributed by atoms with Gasteiger partial charge in [0, 0.05) is 25.2 Å². The van der Waals surface area contributed by atoms with Crippen molar-refractivity contribution in [1.82, 2.24) is 9.80 Å². The van der Waals surface area contributed by atoms with Crippen LogP contribution >= 0.6 is 0 Å². The van der Waals surface area contributed by atoms with Crippen LogP contribution in [0.2, 0.25) is 0 Å². The monoisotopic (exact) mass is 480 g/mol. The second-order valence-corrected chi connectivity index (χ2v) is 7.98. The quantitative estimate of drug-likeness (QED) is 0.387. The largest absolute Gasteiger partial charge is 0.493 e. The smallest absolute Gasteiger partial charge is 0.328 e. The first kappa shape index (κ1) is 25.5. The number of carbonyl (C=O) groups excluding carboxylic acids is 3. The number of ether oxygens (including phenoxy) is 2. The molecule has 0 radical (unpaired) electrons. The van der Waals surface area contributed by atoms with Gasteiger partial charge in [-0.05, 0) is 36.1 Å². The lowest BCUT2D eigenvalue weighted by Gasteiger charge is -2.27. The van der Waals surface area contributed by atoms with Crippen LogP contribution in [0.3, 0.4) is 0 Å². The first-order chi connectivity index (χ1) is 16.8. The second-order valence-electron chi connectivity index (χ2n) is 7.98. The third-order valence-corrected chi connectivity index (χ3v) is 5.80. The molecule has 0 aliphatic carbocycles. The van der Waals surface area contributed by atoms with E-state index in [0.29, 0.717) is 24.3 Å². The minimum absolute atomic E-state index is 0.106. The Labute approximate surface area is 203 Å². The molecule has 1 N–H and O–H groups in total. The molecule has 0 spiro atoms. The number of benzene rings is 2. The van der Waals surface area contributed by atoms with Gasteiger partial charge in [0.25, 0.3) is 5.91 Å². The van der Waals surface area contributed by atoms with E-state index in [0.717, 1.165) is 23.3 Å². The highest BCUT2D eigenvalue weighted by molar-refractivity contribution is 6.07. The van der Waals surface area contributed by atoms with Gasteiger partial charge >= 0.3 is 5.97 Å². The maximum atomic E-state index is 13.2. The van der Waals surface area contributed by atoms with Gasteiger partial charge in [0.05, 0.1) is 20.6 Å². The van der Waals surface area contributed by atoms with Crippen molar-refractivity contribution in [3.05, 3.63) is 71.8 Å². The van der Waals surface area contributed by atoms with Gasteiger partial charge in [0.15, 0.2) is 11.5 Å². The molecule has 1 aliphatic heterocycles. The van der Waals surface area contributed by atoms with Gasteiger partial charge in [0.1, 0.15) is 6.04 Å². The Morgan fingerprint density at radius 1 is 1.00 bits per heavy atom. The summed E-state index contributed by atoms with van der Waals surface area (Å²) in [4.78, 5) is 52.1. The van der Waals surface area contributed by atoms with E-state index < -0.39 is 23.8 Å². The summed E-state index contributed by atoms with van der Waals surface area (Å²) in [6, 6.07) is 13.8. The molecular weight excluding hydrogens is 452 g/mol. The summed E-state index contributed by atoms with van der Waals surface area (Å²) in [7, 11) is 3.04. The number of methoxy groups -OCH3 is 2. The first-order valence-corrected chi connectivity index (χ1v) is 11.1. The highest BCUT2D eigenvalue weighted by Crippen LogP contribution is 2.28. The summed E-state index contributed by atoms with van der Waals surface area (Å²) < 4.78 is 10.6. The van der Waals surface area contributed by atoms with Crippen LogP contribution in [-0.4, -0.2) is 71.9 Å². The Hall–Kier alpha value is -4.14. The summed E-state index contributed by atoms with van der Waals surface area (Å²) in [5.74, 6) is -1.68. The molecule has 2 aromatic rings.